The van der Waals surface area contributed by atoms with E-state index < -0.39 is 6.10 Å². The lowest BCUT2D eigenvalue weighted by molar-refractivity contribution is 0.214. The molecule has 6 heteroatoms. The van der Waals surface area contributed by atoms with Crippen LogP contribution in [0.2, 0.25) is 5.02 Å². The average Bonchev–Trinajstić information content (AvgIpc) is 2.45. The van der Waals surface area contributed by atoms with Crippen LogP contribution in [0.25, 0.3) is 0 Å². The van der Waals surface area contributed by atoms with Gasteiger partial charge in [-0.3, -0.25) is 0 Å². The van der Waals surface area contributed by atoms with Crippen LogP contribution in [0.3, 0.4) is 0 Å². The molecule has 0 heterocycles. The van der Waals surface area contributed by atoms with E-state index >= 15 is 0 Å². The Morgan fingerprint density at radius 2 is 1.76 bits per heavy atom. The van der Waals surface area contributed by atoms with Gasteiger partial charge in [0.15, 0.2) is 0 Å². The predicted octanol–water partition coefficient (Wildman–Crippen LogP) is 4.96. The third-order valence-corrected chi connectivity index (χ3v) is 4.45. The third kappa shape index (κ3) is 3.54. The number of halogens is 3. The molecular weight excluding hydrogens is 423 g/mol. The van der Waals surface area contributed by atoms with Gasteiger partial charge in [0, 0.05) is 10.6 Å². The summed E-state index contributed by atoms with van der Waals surface area (Å²) in [5.74, 6) is 1.25. The second-order valence-corrected chi connectivity index (χ2v) is 6.45. The number of rotatable bonds is 4. The molecule has 0 aliphatic heterocycles. The van der Waals surface area contributed by atoms with E-state index in [1.54, 1.807) is 44.6 Å². The standard InChI is InChI=1S/C15H13Br2ClO3/c1-20-13-4-3-8(5-11(13)16)14(19)10-6-9(18)7-12(17)15(10)21-2/h3-7,14,19H,1-2H3. The summed E-state index contributed by atoms with van der Waals surface area (Å²) in [5.41, 5.74) is 1.30. The second-order valence-electron chi connectivity index (χ2n) is 4.31. The van der Waals surface area contributed by atoms with Crippen molar-refractivity contribution in [1.29, 1.82) is 0 Å². The first-order valence-corrected chi connectivity index (χ1v) is 7.98. The van der Waals surface area contributed by atoms with E-state index in [0.717, 1.165) is 4.47 Å². The second kappa shape index (κ2) is 7.01. The number of hydrogen-bond donors (Lipinski definition) is 1. The lowest BCUT2D eigenvalue weighted by Crippen LogP contribution is -2.03. The molecule has 0 spiro atoms. The van der Waals surface area contributed by atoms with E-state index in [0.29, 0.717) is 32.1 Å². The smallest absolute Gasteiger partial charge is 0.139 e. The molecule has 0 aliphatic carbocycles. The minimum atomic E-state index is -0.864. The number of hydrogen-bond acceptors (Lipinski definition) is 3. The first-order chi connectivity index (χ1) is 9.97. The molecule has 0 aliphatic rings. The van der Waals surface area contributed by atoms with Crippen LogP contribution >= 0.6 is 43.5 Å². The Hall–Kier alpha value is -0.750. The first kappa shape index (κ1) is 16.6. The summed E-state index contributed by atoms with van der Waals surface area (Å²) < 4.78 is 12.0. The summed E-state index contributed by atoms with van der Waals surface area (Å²) in [5, 5.41) is 11.1. The SMILES string of the molecule is COc1ccc(C(O)c2cc(Cl)cc(Br)c2OC)cc1Br. The highest BCUT2D eigenvalue weighted by Gasteiger charge is 2.19. The molecule has 3 nitrogen and oxygen atoms in total. The van der Waals surface area contributed by atoms with E-state index in [9.17, 15) is 5.11 Å². The number of aliphatic hydroxyl groups excluding tert-OH is 1. The van der Waals surface area contributed by atoms with Gasteiger partial charge in [-0.15, -0.1) is 0 Å². The van der Waals surface area contributed by atoms with Crippen LogP contribution in [-0.2, 0) is 0 Å². The van der Waals surface area contributed by atoms with Gasteiger partial charge in [0.2, 0.25) is 0 Å². The normalized spacial score (nSPS) is 12.1. The molecule has 0 saturated heterocycles. The van der Waals surface area contributed by atoms with Crippen LogP contribution in [0.5, 0.6) is 11.5 Å². The molecule has 112 valence electrons. The third-order valence-electron chi connectivity index (χ3n) is 3.03. The Kier molecular flexibility index (Phi) is 5.54. The van der Waals surface area contributed by atoms with Gasteiger partial charge in [-0.1, -0.05) is 17.7 Å². The minimum Gasteiger partial charge on any atom is -0.496 e. The molecule has 0 aromatic heterocycles. The van der Waals surface area contributed by atoms with Gasteiger partial charge in [-0.05, 0) is 61.7 Å². The van der Waals surface area contributed by atoms with Crippen molar-refractivity contribution in [3.8, 4) is 11.5 Å². The summed E-state index contributed by atoms with van der Waals surface area (Å²) in [6, 6.07) is 8.80. The van der Waals surface area contributed by atoms with Crippen molar-refractivity contribution in [2.45, 2.75) is 6.10 Å². The molecule has 2 aromatic rings. The van der Waals surface area contributed by atoms with Gasteiger partial charge in [0.05, 0.1) is 23.2 Å². The zero-order chi connectivity index (χ0) is 15.6. The van der Waals surface area contributed by atoms with E-state index in [4.69, 9.17) is 21.1 Å². The van der Waals surface area contributed by atoms with Crippen LogP contribution in [-0.4, -0.2) is 19.3 Å². The number of aliphatic hydroxyl groups is 1. The van der Waals surface area contributed by atoms with Crippen molar-refractivity contribution < 1.29 is 14.6 Å². The summed E-state index contributed by atoms with van der Waals surface area (Å²) in [7, 11) is 3.14. The van der Waals surface area contributed by atoms with Crippen molar-refractivity contribution >= 4 is 43.5 Å². The first-order valence-electron chi connectivity index (χ1n) is 6.02. The van der Waals surface area contributed by atoms with Crippen LogP contribution < -0.4 is 9.47 Å². The van der Waals surface area contributed by atoms with E-state index in [1.165, 1.54) is 0 Å². The lowest BCUT2D eigenvalue weighted by atomic mass is 10.0. The zero-order valence-electron chi connectivity index (χ0n) is 11.4. The Labute approximate surface area is 145 Å². The topological polar surface area (TPSA) is 38.7 Å². The van der Waals surface area contributed by atoms with Gasteiger partial charge >= 0.3 is 0 Å². The average molecular weight is 437 g/mol. The van der Waals surface area contributed by atoms with E-state index in [2.05, 4.69) is 31.9 Å². The number of ether oxygens (including phenoxy) is 2. The maximum absolute atomic E-state index is 10.6. The summed E-state index contributed by atoms with van der Waals surface area (Å²) in [6.07, 6.45) is -0.864. The monoisotopic (exact) mass is 434 g/mol. The Morgan fingerprint density at radius 1 is 1.05 bits per heavy atom. The maximum Gasteiger partial charge on any atom is 0.139 e. The van der Waals surface area contributed by atoms with Crippen molar-refractivity contribution in [3.63, 3.8) is 0 Å². The molecule has 2 aromatic carbocycles. The van der Waals surface area contributed by atoms with E-state index in [1.807, 2.05) is 0 Å². The predicted molar refractivity (Wildman–Crippen MR) is 90.5 cm³/mol. The van der Waals surface area contributed by atoms with Crippen molar-refractivity contribution in [3.05, 3.63) is 55.4 Å². The van der Waals surface area contributed by atoms with Crippen LogP contribution in [0.15, 0.2) is 39.3 Å². The van der Waals surface area contributed by atoms with Crippen molar-refractivity contribution in [2.75, 3.05) is 14.2 Å². The van der Waals surface area contributed by atoms with Gasteiger partial charge in [0.1, 0.15) is 17.6 Å². The van der Waals surface area contributed by atoms with Gasteiger partial charge in [-0.2, -0.15) is 0 Å². The van der Waals surface area contributed by atoms with E-state index in [-0.39, 0.29) is 0 Å². The molecule has 0 fully saturated rings. The molecule has 0 saturated carbocycles. The number of methoxy groups -OCH3 is 2. The fourth-order valence-electron chi connectivity index (χ4n) is 2.03. The van der Waals surface area contributed by atoms with Gasteiger partial charge in [0.25, 0.3) is 0 Å². The van der Waals surface area contributed by atoms with Gasteiger partial charge < -0.3 is 14.6 Å². The highest BCUT2D eigenvalue weighted by molar-refractivity contribution is 9.10. The quantitative estimate of drug-likeness (QED) is 0.736. The summed E-state index contributed by atoms with van der Waals surface area (Å²) in [6.45, 7) is 0. The Balaban J connectivity index is 2.49. The fourth-order valence-corrected chi connectivity index (χ4v) is 3.59. The molecule has 1 unspecified atom stereocenters. The fraction of sp³-hybridized carbons (Fsp3) is 0.200. The highest BCUT2D eigenvalue weighted by Crippen LogP contribution is 2.39. The molecule has 21 heavy (non-hydrogen) atoms. The highest BCUT2D eigenvalue weighted by atomic mass is 79.9. The number of benzene rings is 2. The van der Waals surface area contributed by atoms with Crippen LogP contribution in [0.1, 0.15) is 17.2 Å². The van der Waals surface area contributed by atoms with Crippen LogP contribution in [0, 0.1) is 0 Å². The molecule has 2 rings (SSSR count). The molecule has 1 N–H and O–H groups in total. The summed E-state index contributed by atoms with van der Waals surface area (Å²) >= 11 is 12.9. The molecule has 1 atom stereocenters. The Morgan fingerprint density at radius 3 is 2.33 bits per heavy atom. The lowest BCUT2D eigenvalue weighted by Gasteiger charge is -2.17. The zero-order valence-corrected chi connectivity index (χ0v) is 15.3. The maximum atomic E-state index is 10.6. The molecule has 0 bridgehead atoms. The Bertz CT molecular complexity index is 662. The molecule has 0 amide bonds. The largest absolute Gasteiger partial charge is 0.496 e. The van der Waals surface area contributed by atoms with Gasteiger partial charge in [-0.25, -0.2) is 0 Å². The van der Waals surface area contributed by atoms with Crippen molar-refractivity contribution in [2.24, 2.45) is 0 Å². The minimum absolute atomic E-state index is 0.518. The van der Waals surface area contributed by atoms with Crippen molar-refractivity contribution in [1.82, 2.24) is 0 Å². The summed E-state index contributed by atoms with van der Waals surface area (Å²) in [4.78, 5) is 0. The van der Waals surface area contributed by atoms with Crippen LogP contribution in [0.4, 0.5) is 0 Å². The molecule has 0 radical (unpaired) electrons. The molecular formula is C15H13Br2ClO3.